The molecule has 1 rings (SSSR count). The average Bonchev–Trinajstić information content (AvgIpc) is 2.59. The molecule has 0 fully saturated rings. The first-order valence-corrected chi connectivity index (χ1v) is 4.80. The molecule has 0 aliphatic rings. The van der Waals surface area contributed by atoms with Gasteiger partial charge < -0.3 is 10.8 Å². The fourth-order valence-corrected chi connectivity index (χ4v) is 0.812. The zero-order chi connectivity index (χ0) is 10.3. The summed E-state index contributed by atoms with van der Waals surface area (Å²) in [5, 5.41) is 10.2. The van der Waals surface area contributed by atoms with E-state index in [9.17, 15) is 4.79 Å². The standard InChI is InChI=1S/C5H11NO2.C3H3NS/c1-3(2)4(6)5(7)8;1-2-5-3-4-1/h3-4H,6H2,1-2H3,(H,7,8);1-3H. The predicted molar refractivity (Wildman–Crippen MR) is 52.6 cm³/mol. The van der Waals surface area contributed by atoms with Crippen molar-refractivity contribution in [2.24, 2.45) is 11.7 Å². The topological polar surface area (TPSA) is 76.2 Å². The number of carboxylic acids is 1. The molecule has 0 saturated heterocycles. The number of nitrogens with zero attached hydrogens (tertiary/aromatic N) is 1. The largest absolute Gasteiger partial charge is 0.480 e. The Bertz CT molecular complexity index is 207. The van der Waals surface area contributed by atoms with Gasteiger partial charge in [0.05, 0.1) is 5.51 Å². The molecular formula is C8H14N2O2S. The number of nitrogens with two attached hydrogens (primary N) is 1. The van der Waals surface area contributed by atoms with Gasteiger partial charge in [0.15, 0.2) is 0 Å². The van der Waals surface area contributed by atoms with Crippen LogP contribution in [0.25, 0.3) is 0 Å². The van der Waals surface area contributed by atoms with Crippen molar-refractivity contribution in [3.8, 4) is 0 Å². The Morgan fingerprint density at radius 1 is 1.62 bits per heavy atom. The molecule has 1 heterocycles. The van der Waals surface area contributed by atoms with E-state index in [1.54, 1.807) is 36.9 Å². The van der Waals surface area contributed by atoms with E-state index in [-0.39, 0.29) is 5.92 Å². The maximum absolute atomic E-state index is 10.0. The van der Waals surface area contributed by atoms with Crippen LogP contribution < -0.4 is 5.73 Å². The normalized spacial score (nSPS) is 11.7. The summed E-state index contributed by atoms with van der Waals surface area (Å²) in [7, 11) is 0. The fourth-order valence-electron chi connectivity index (χ4n) is 0.461. The van der Waals surface area contributed by atoms with E-state index in [2.05, 4.69) is 4.98 Å². The van der Waals surface area contributed by atoms with Crippen LogP contribution >= 0.6 is 11.3 Å². The summed E-state index contributed by atoms with van der Waals surface area (Å²) in [6, 6.07) is -0.713. The van der Waals surface area contributed by atoms with Crippen LogP contribution in [0.15, 0.2) is 17.1 Å². The highest BCUT2D eigenvalue weighted by atomic mass is 32.1. The summed E-state index contributed by atoms with van der Waals surface area (Å²) in [4.78, 5) is 13.8. The van der Waals surface area contributed by atoms with Gasteiger partial charge in [-0.1, -0.05) is 13.8 Å². The lowest BCUT2D eigenvalue weighted by molar-refractivity contribution is -0.139. The molecule has 1 unspecified atom stereocenters. The van der Waals surface area contributed by atoms with Crippen LogP contribution in [0.2, 0.25) is 0 Å². The molecule has 0 aliphatic carbocycles. The Labute approximate surface area is 81.4 Å². The molecule has 0 aliphatic heterocycles. The van der Waals surface area contributed by atoms with Gasteiger partial charge in [0, 0.05) is 11.6 Å². The Balaban J connectivity index is 0.000000243. The van der Waals surface area contributed by atoms with Crippen LogP contribution in [-0.2, 0) is 4.79 Å². The van der Waals surface area contributed by atoms with E-state index in [1.165, 1.54) is 0 Å². The summed E-state index contributed by atoms with van der Waals surface area (Å²) in [6.07, 6.45) is 1.77. The summed E-state index contributed by atoms with van der Waals surface area (Å²) in [6.45, 7) is 3.55. The summed E-state index contributed by atoms with van der Waals surface area (Å²) < 4.78 is 0. The maximum atomic E-state index is 10.0. The zero-order valence-corrected chi connectivity index (χ0v) is 8.49. The monoisotopic (exact) mass is 202 g/mol. The SMILES string of the molecule is CC(C)C(N)C(=O)O.c1cscn1. The van der Waals surface area contributed by atoms with Gasteiger partial charge in [0.25, 0.3) is 0 Å². The van der Waals surface area contributed by atoms with Gasteiger partial charge in [-0.2, -0.15) is 0 Å². The first-order valence-electron chi connectivity index (χ1n) is 3.86. The number of hydrogen-bond donors (Lipinski definition) is 2. The van der Waals surface area contributed by atoms with Crippen LogP contribution in [0.1, 0.15) is 13.8 Å². The third kappa shape index (κ3) is 6.24. The number of rotatable bonds is 2. The van der Waals surface area contributed by atoms with Gasteiger partial charge >= 0.3 is 5.97 Å². The molecule has 3 N–H and O–H groups in total. The van der Waals surface area contributed by atoms with Crippen molar-refractivity contribution in [3.63, 3.8) is 0 Å². The van der Waals surface area contributed by atoms with Gasteiger partial charge in [0.2, 0.25) is 0 Å². The molecule has 0 aromatic carbocycles. The Morgan fingerprint density at radius 2 is 2.23 bits per heavy atom. The summed E-state index contributed by atoms with van der Waals surface area (Å²) >= 11 is 1.60. The van der Waals surface area contributed by atoms with Crippen molar-refractivity contribution in [1.29, 1.82) is 0 Å². The minimum Gasteiger partial charge on any atom is -0.480 e. The average molecular weight is 202 g/mol. The Hall–Kier alpha value is -0.940. The number of thiazole rings is 1. The number of aromatic nitrogens is 1. The molecule has 1 aromatic rings. The molecule has 5 heteroatoms. The van der Waals surface area contributed by atoms with Crippen molar-refractivity contribution < 1.29 is 9.90 Å². The minimum atomic E-state index is -0.931. The molecule has 0 amide bonds. The highest BCUT2D eigenvalue weighted by molar-refractivity contribution is 7.07. The van der Waals surface area contributed by atoms with Crippen molar-refractivity contribution >= 4 is 17.3 Å². The van der Waals surface area contributed by atoms with Gasteiger partial charge in [-0.05, 0) is 5.92 Å². The number of hydrogen-bond acceptors (Lipinski definition) is 4. The molecule has 1 atom stereocenters. The lowest BCUT2D eigenvalue weighted by Crippen LogP contribution is -2.34. The molecule has 0 saturated carbocycles. The van der Waals surface area contributed by atoms with Crippen LogP contribution in [-0.4, -0.2) is 22.1 Å². The third-order valence-corrected chi connectivity index (χ3v) is 1.87. The highest BCUT2D eigenvalue weighted by Crippen LogP contribution is 1.96. The zero-order valence-electron chi connectivity index (χ0n) is 7.68. The first-order chi connectivity index (χ1) is 6.05. The van der Waals surface area contributed by atoms with Crippen molar-refractivity contribution in [2.45, 2.75) is 19.9 Å². The molecule has 74 valence electrons. The summed E-state index contributed by atoms with van der Waals surface area (Å²) in [5.74, 6) is -0.910. The molecule has 0 spiro atoms. The maximum Gasteiger partial charge on any atom is 0.320 e. The van der Waals surface area contributed by atoms with Crippen molar-refractivity contribution in [3.05, 3.63) is 17.1 Å². The Kier molecular flexibility index (Phi) is 6.09. The molecular weight excluding hydrogens is 188 g/mol. The van der Waals surface area contributed by atoms with E-state index in [1.807, 2.05) is 5.38 Å². The third-order valence-electron chi connectivity index (χ3n) is 1.35. The van der Waals surface area contributed by atoms with E-state index in [0.29, 0.717) is 0 Å². The molecule has 0 bridgehead atoms. The van der Waals surface area contributed by atoms with Crippen LogP contribution in [0.5, 0.6) is 0 Å². The van der Waals surface area contributed by atoms with Gasteiger partial charge in [-0.15, -0.1) is 11.3 Å². The van der Waals surface area contributed by atoms with Crippen LogP contribution in [0.4, 0.5) is 0 Å². The van der Waals surface area contributed by atoms with Gasteiger partial charge in [0.1, 0.15) is 6.04 Å². The van der Waals surface area contributed by atoms with Crippen LogP contribution in [0.3, 0.4) is 0 Å². The molecule has 4 nitrogen and oxygen atoms in total. The lowest BCUT2D eigenvalue weighted by Gasteiger charge is -2.07. The first kappa shape index (κ1) is 12.1. The summed E-state index contributed by atoms with van der Waals surface area (Å²) in [5.41, 5.74) is 6.95. The van der Waals surface area contributed by atoms with Gasteiger partial charge in [-0.3, -0.25) is 9.78 Å². The quantitative estimate of drug-likeness (QED) is 0.755. The predicted octanol–water partition coefficient (Wildman–Crippen LogP) is 1.20. The van der Waals surface area contributed by atoms with E-state index < -0.39 is 12.0 Å². The molecule has 13 heavy (non-hydrogen) atoms. The van der Waals surface area contributed by atoms with E-state index in [4.69, 9.17) is 10.8 Å². The second-order valence-electron chi connectivity index (χ2n) is 2.78. The second kappa shape index (κ2) is 6.56. The second-order valence-corrected chi connectivity index (χ2v) is 3.54. The van der Waals surface area contributed by atoms with Gasteiger partial charge in [-0.25, -0.2) is 0 Å². The minimum absolute atomic E-state index is 0.0208. The molecule has 1 aromatic heterocycles. The fraction of sp³-hybridized carbons (Fsp3) is 0.500. The van der Waals surface area contributed by atoms with E-state index in [0.717, 1.165) is 0 Å². The number of aliphatic carboxylic acids is 1. The van der Waals surface area contributed by atoms with Crippen molar-refractivity contribution in [2.75, 3.05) is 0 Å². The Morgan fingerprint density at radius 3 is 2.31 bits per heavy atom. The number of carboxylic acid groups (broad SMARTS) is 1. The number of carbonyl (C=O) groups is 1. The lowest BCUT2D eigenvalue weighted by atomic mass is 10.1. The highest BCUT2D eigenvalue weighted by Gasteiger charge is 2.14. The molecule has 0 radical (unpaired) electrons. The van der Waals surface area contributed by atoms with Crippen molar-refractivity contribution in [1.82, 2.24) is 4.98 Å². The smallest absolute Gasteiger partial charge is 0.320 e. The van der Waals surface area contributed by atoms with E-state index >= 15 is 0 Å². The van der Waals surface area contributed by atoms with Crippen LogP contribution in [0, 0.1) is 5.92 Å².